The van der Waals surface area contributed by atoms with Gasteiger partial charge in [-0.2, -0.15) is 0 Å². The lowest BCUT2D eigenvalue weighted by molar-refractivity contribution is 0.0849. The van der Waals surface area contributed by atoms with Crippen molar-refractivity contribution >= 4 is 34.8 Å². The van der Waals surface area contributed by atoms with Crippen molar-refractivity contribution in [2.75, 3.05) is 0 Å². The Morgan fingerprint density at radius 1 is 1.10 bits per heavy atom. The first-order valence-electron chi connectivity index (χ1n) is 6.62. The second kappa shape index (κ2) is 5.87. The minimum Gasteiger partial charge on any atom is -0.267 e. The summed E-state index contributed by atoms with van der Waals surface area (Å²) in [5, 5.41) is 0.347. The van der Waals surface area contributed by atoms with Gasteiger partial charge in [0.05, 0.1) is 15.5 Å². The first-order valence-corrected chi connectivity index (χ1v) is 7.81. The number of hydrogen-bond acceptors (Lipinski definition) is 3. The van der Waals surface area contributed by atoms with Crippen LogP contribution in [0.1, 0.15) is 36.9 Å². The first kappa shape index (κ1) is 14.1. The number of fused-ring (bicyclic) bond motifs is 1. The summed E-state index contributed by atoms with van der Waals surface area (Å²) in [6.45, 7) is 0. The Morgan fingerprint density at radius 3 is 2.62 bits per heavy atom. The van der Waals surface area contributed by atoms with E-state index in [0.717, 1.165) is 19.3 Å². The van der Waals surface area contributed by atoms with E-state index in [1.54, 1.807) is 24.3 Å². The number of halogens is 1. The number of aryl methyl sites for hydroxylation is 2. The summed E-state index contributed by atoms with van der Waals surface area (Å²) in [6, 6.07) is 8.59. The number of benzene rings is 1. The SMILES string of the molecule is O=C(NNC(=O)c1ccccc1Cl)c1cc2c(s1)CCC2. The van der Waals surface area contributed by atoms with Crippen LogP contribution in [0.15, 0.2) is 30.3 Å². The average Bonchev–Trinajstić information content (AvgIpc) is 3.06. The maximum atomic E-state index is 12.0. The Balaban J connectivity index is 1.63. The van der Waals surface area contributed by atoms with Crippen LogP contribution in [0.25, 0.3) is 0 Å². The minimum absolute atomic E-state index is 0.296. The third kappa shape index (κ3) is 2.94. The quantitative estimate of drug-likeness (QED) is 0.836. The molecule has 1 aliphatic carbocycles. The Morgan fingerprint density at radius 2 is 1.86 bits per heavy atom. The minimum atomic E-state index is -0.432. The summed E-state index contributed by atoms with van der Waals surface area (Å²) in [6.07, 6.45) is 3.23. The van der Waals surface area contributed by atoms with Crippen LogP contribution in [0, 0.1) is 0 Å². The van der Waals surface area contributed by atoms with Crippen molar-refractivity contribution in [3.8, 4) is 0 Å². The molecule has 0 saturated heterocycles. The van der Waals surface area contributed by atoms with E-state index in [0.29, 0.717) is 15.5 Å². The van der Waals surface area contributed by atoms with Gasteiger partial charge in [-0.05, 0) is 43.0 Å². The molecular formula is C15H13ClN2O2S. The van der Waals surface area contributed by atoms with Crippen molar-refractivity contribution in [1.29, 1.82) is 0 Å². The van der Waals surface area contributed by atoms with Gasteiger partial charge in [-0.25, -0.2) is 0 Å². The van der Waals surface area contributed by atoms with Crippen molar-refractivity contribution in [3.63, 3.8) is 0 Å². The molecule has 0 atom stereocenters. The predicted octanol–water partition coefficient (Wildman–Crippen LogP) is 2.97. The topological polar surface area (TPSA) is 58.2 Å². The molecule has 0 saturated carbocycles. The zero-order valence-electron chi connectivity index (χ0n) is 11.1. The molecule has 1 aromatic heterocycles. The van der Waals surface area contributed by atoms with Crippen molar-refractivity contribution in [3.05, 3.63) is 56.2 Å². The highest BCUT2D eigenvalue weighted by atomic mass is 35.5. The molecular weight excluding hydrogens is 308 g/mol. The van der Waals surface area contributed by atoms with Crippen LogP contribution in [0.3, 0.4) is 0 Å². The fourth-order valence-corrected chi connectivity index (χ4v) is 3.70. The number of hydrazine groups is 1. The van der Waals surface area contributed by atoms with Gasteiger partial charge in [0.15, 0.2) is 0 Å². The van der Waals surface area contributed by atoms with E-state index in [9.17, 15) is 9.59 Å². The number of amides is 2. The van der Waals surface area contributed by atoms with Gasteiger partial charge in [-0.15, -0.1) is 11.3 Å². The fourth-order valence-electron chi connectivity index (χ4n) is 2.33. The summed E-state index contributed by atoms with van der Waals surface area (Å²) >= 11 is 7.42. The van der Waals surface area contributed by atoms with Crippen molar-refractivity contribution in [2.24, 2.45) is 0 Å². The van der Waals surface area contributed by atoms with E-state index < -0.39 is 5.91 Å². The highest BCUT2D eigenvalue weighted by Gasteiger charge is 2.19. The van der Waals surface area contributed by atoms with E-state index in [1.807, 2.05) is 6.07 Å². The molecule has 3 rings (SSSR count). The van der Waals surface area contributed by atoms with E-state index in [1.165, 1.54) is 21.8 Å². The molecule has 2 aromatic rings. The molecule has 0 aliphatic heterocycles. The number of hydrogen-bond donors (Lipinski definition) is 2. The van der Waals surface area contributed by atoms with Gasteiger partial charge in [-0.3, -0.25) is 20.4 Å². The molecule has 2 amide bonds. The highest BCUT2D eigenvalue weighted by molar-refractivity contribution is 7.14. The monoisotopic (exact) mass is 320 g/mol. The van der Waals surface area contributed by atoms with E-state index >= 15 is 0 Å². The Labute approximate surface area is 131 Å². The van der Waals surface area contributed by atoms with Crippen LogP contribution >= 0.6 is 22.9 Å². The van der Waals surface area contributed by atoms with E-state index in [-0.39, 0.29) is 5.91 Å². The Bertz CT molecular complexity index is 690. The molecule has 108 valence electrons. The zero-order chi connectivity index (χ0) is 14.8. The standard InChI is InChI=1S/C15H13ClN2O2S/c16-11-6-2-1-5-10(11)14(19)17-18-15(20)13-8-9-4-3-7-12(9)21-13/h1-2,5-6,8H,3-4,7H2,(H,17,19)(H,18,20). The highest BCUT2D eigenvalue weighted by Crippen LogP contribution is 2.30. The summed E-state index contributed by atoms with van der Waals surface area (Å²) in [4.78, 5) is 25.9. The van der Waals surface area contributed by atoms with Crippen LogP contribution in [0.5, 0.6) is 0 Å². The molecule has 2 N–H and O–H groups in total. The van der Waals surface area contributed by atoms with Gasteiger partial charge in [0.25, 0.3) is 11.8 Å². The maximum absolute atomic E-state index is 12.0. The Hall–Kier alpha value is -1.85. The number of thiophene rings is 1. The molecule has 6 heteroatoms. The largest absolute Gasteiger partial charge is 0.279 e. The normalized spacial score (nSPS) is 12.8. The molecule has 0 fully saturated rings. The molecule has 4 nitrogen and oxygen atoms in total. The fraction of sp³-hybridized carbons (Fsp3) is 0.200. The van der Waals surface area contributed by atoms with Gasteiger partial charge in [-0.1, -0.05) is 23.7 Å². The van der Waals surface area contributed by atoms with Crippen LogP contribution in [-0.4, -0.2) is 11.8 Å². The summed E-state index contributed by atoms with van der Waals surface area (Å²) < 4.78 is 0. The van der Waals surface area contributed by atoms with Gasteiger partial charge in [0.2, 0.25) is 0 Å². The summed E-state index contributed by atoms with van der Waals surface area (Å²) in [5.41, 5.74) is 6.39. The van der Waals surface area contributed by atoms with Crippen LogP contribution in [-0.2, 0) is 12.8 Å². The average molecular weight is 321 g/mol. The number of nitrogens with one attached hydrogen (secondary N) is 2. The lowest BCUT2D eigenvalue weighted by atomic mass is 10.2. The smallest absolute Gasteiger partial charge is 0.267 e. The van der Waals surface area contributed by atoms with Crippen molar-refractivity contribution < 1.29 is 9.59 Å². The molecule has 0 bridgehead atoms. The zero-order valence-corrected chi connectivity index (χ0v) is 12.7. The second-order valence-electron chi connectivity index (χ2n) is 4.80. The van der Waals surface area contributed by atoms with Crippen molar-refractivity contribution in [2.45, 2.75) is 19.3 Å². The third-order valence-electron chi connectivity index (χ3n) is 3.38. The van der Waals surface area contributed by atoms with Crippen molar-refractivity contribution in [1.82, 2.24) is 10.9 Å². The first-order chi connectivity index (χ1) is 10.1. The molecule has 0 spiro atoms. The van der Waals surface area contributed by atoms with Gasteiger partial charge < -0.3 is 0 Å². The predicted molar refractivity (Wildman–Crippen MR) is 82.7 cm³/mol. The van der Waals surface area contributed by atoms with E-state index in [4.69, 9.17) is 11.6 Å². The molecule has 1 heterocycles. The Kier molecular flexibility index (Phi) is 3.94. The van der Waals surface area contributed by atoms with Gasteiger partial charge in [0.1, 0.15) is 0 Å². The molecule has 1 aliphatic rings. The molecule has 0 radical (unpaired) electrons. The third-order valence-corrected chi connectivity index (χ3v) is 4.94. The summed E-state index contributed by atoms with van der Waals surface area (Å²) in [5.74, 6) is -0.729. The molecule has 1 aromatic carbocycles. The van der Waals surface area contributed by atoms with Crippen LogP contribution in [0.2, 0.25) is 5.02 Å². The van der Waals surface area contributed by atoms with Crippen LogP contribution < -0.4 is 10.9 Å². The van der Waals surface area contributed by atoms with Gasteiger partial charge in [0, 0.05) is 4.88 Å². The van der Waals surface area contributed by atoms with Gasteiger partial charge >= 0.3 is 0 Å². The number of carbonyl (C=O) groups is 2. The van der Waals surface area contributed by atoms with E-state index in [2.05, 4.69) is 10.9 Å². The van der Waals surface area contributed by atoms with Crippen LogP contribution in [0.4, 0.5) is 0 Å². The lowest BCUT2D eigenvalue weighted by Crippen LogP contribution is -2.41. The maximum Gasteiger partial charge on any atom is 0.279 e. The number of carbonyl (C=O) groups excluding carboxylic acids is 2. The number of rotatable bonds is 2. The summed E-state index contributed by atoms with van der Waals surface area (Å²) in [7, 11) is 0. The molecule has 21 heavy (non-hydrogen) atoms. The second-order valence-corrected chi connectivity index (χ2v) is 6.34. The molecule has 0 unspecified atom stereocenters. The lowest BCUT2D eigenvalue weighted by Gasteiger charge is -2.07.